The smallest absolute Gasteiger partial charge is 0.263 e. The van der Waals surface area contributed by atoms with Crippen molar-refractivity contribution in [3.8, 4) is 5.75 Å². The minimum absolute atomic E-state index is 0.0703. The molecule has 2 atom stereocenters. The second-order valence-corrected chi connectivity index (χ2v) is 10.6. The molecule has 0 bridgehead atoms. The molecule has 0 radical (unpaired) electrons. The first-order chi connectivity index (χ1) is 17.5. The molecule has 1 saturated carbocycles. The van der Waals surface area contributed by atoms with Crippen molar-refractivity contribution in [2.24, 2.45) is 5.92 Å². The van der Waals surface area contributed by atoms with Crippen LogP contribution in [0, 0.1) is 5.92 Å². The van der Waals surface area contributed by atoms with E-state index in [2.05, 4.69) is 41.1 Å². The van der Waals surface area contributed by atoms with Crippen LogP contribution in [-0.2, 0) is 16.0 Å². The summed E-state index contributed by atoms with van der Waals surface area (Å²) in [5, 5.41) is 0. The number of ether oxygens (including phenoxy) is 1. The van der Waals surface area contributed by atoms with Gasteiger partial charge in [0.1, 0.15) is 5.75 Å². The number of carbonyl (C=O) groups excluding carboxylic acids is 2. The van der Waals surface area contributed by atoms with Gasteiger partial charge in [-0.3, -0.25) is 9.59 Å². The molecule has 36 heavy (non-hydrogen) atoms. The zero-order valence-corrected chi connectivity index (χ0v) is 21.7. The molecule has 2 aliphatic heterocycles. The van der Waals surface area contributed by atoms with Crippen molar-refractivity contribution in [2.45, 2.75) is 57.6 Å². The number of nitrogens with zero attached hydrogens (tertiary/aromatic N) is 3. The van der Waals surface area contributed by atoms with E-state index in [4.69, 9.17) is 4.74 Å². The lowest BCUT2D eigenvalue weighted by Gasteiger charge is -2.39. The van der Waals surface area contributed by atoms with Crippen LogP contribution in [0.4, 0.5) is 0 Å². The van der Waals surface area contributed by atoms with E-state index < -0.39 is 6.10 Å². The van der Waals surface area contributed by atoms with Gasteiger partial charge in [-0.2, -0.15) is 0 Å². The molecular formula is C30H39N3O3. The normalized spacial score (nSPS) is 21.8. The molecular weight excluding hydrogens is 450 g/mol. The van der Waals surface area contributed by atoms with Crippen LogP contribution in [0.2, 0.25) is 0 Å². The van der Waals surface area contributed by atoms with E-state index in [0.717, 1.165) is 76.0 Å². The summed E-state index contributed by atoms with van der Waals surface area (Å²) in [6.07, 6.45) is 5.26. The fourth-order valence-corrected chi connectivity index (χ4v) is 6.01. The van der Waals surface area contributed by atoms with Crippen molar-refractivity contribution in [3.05, 3.63) is 65.2 Å². The number of piperazine rings is 1. The molecule has 2 aromatic carbocycles. The number of amides is 2. The average molecular weight is 490 g/mol. The van der Waals surface area contributed by atoms with Gasteiger partial charge in [-0.25, -0.2) is 0 Å². The molecule has 6 nitrogen and oxygen atoms in total. The Morgan fingerprint density at radius 3 is 2.39 bits per heavy atom. The lowest BCUT2D eigenvalue weighted by atomic mass is 9.87. The Hall–Kier alpha value is -2.86. The molecule has 0 spiro atoms. The standard InChI is InChI=1S/C30H39N3O3/c1-3-27(30(35)32-19-17-31(2)18-20-32)36-25-14-13-22-15-16-33(29(34)24-11-7-8-12-24)28(26(22)21-25)23-9-5-4-6-10-23/h4-6,9-10,13-14,21,24,27-28H,3,7-8,11-12,15-20H2,1-2H3. The Bertz CT molecular complexity index is 1060. The molecule has 2 unspecified atom stereocenters. The van der Waals surface area contributed by atoms with E-state index in [0.29, 0.717) is 12.2 Å². The molecule has 1 saturated heterocycles. The van der Waals surface area contributed by atoms with Gasteiger partial charge in [-0.15, -0.1) is 0 Å². The van der Waals surface area contributed by atoms with E-state index in [-0.39, 0.29) is 23.8 Å². The number of hydrogen-bond acceptors (Lipinski definition) is 4. The molecule has 6 heteroatoms. The van der Waals surface area contributed by atoms with Crippen LogP contribution in [0.1, 0.15) is 61.8 Å². The second-order valence-electron chi connectivity index (χ2n) is 10.6. The van der Waals surface area contributed by atoms with Crippen molar-refractivity contribution in [3.63, 3.8) is 0 Å². The van der Waals surface area contributed by atoms with Crippen LogP contribution in [0.25, 0.3) is 0 Å². The number of hydrogen-bond donors (Lipinski definition) is 0. The number of fused-ring (bicyclic) bond motifs is 1. The Labute approximate surface area is 215 Å². The zero-order valence-electron chi connectivity index (χ0n) is 21.7. The van der Waals surface area contributed by atoms with Crippen LogP contribution >= 0.6 is 0 Å². The molecule has 0 aromatic heterocycles. The topological polar surface area (TPSA) is 53.1 Å². The molecule has 2 amide bonds. The predicted octanol–water partition coefficient (Wildman–Crippen LogP) is 4.28. The van der Waals surface area contributed by atoms with Crippen molar-refractivity contribution in [1.82, 2.24) is 14.7 Å². The highest BCUT2D eigenvalue weighted by atomic mass is 16.5. The maximum absolute atomic E-state index is 13.6. The fraction of sp³-hybridized carbons (Fsp3) is 0.533. The summed E-state index contributed by atoms with van der Waals surface area (Å²) in [6, 6.07) is 16.4. The minimum Gasteiger partial charge on any atom is -0.481 e. The maximum atomic E-state index is 13.6. The van der Waals surface area contributed by atoms with Crippen molar-refractivity contribution in [2.75, 3.05) is 39.8 Å². The maximum Gasteiger partial charge on any atom is 0.263 e. The first kappa shape index (κ1) is 24.8. The summed E-state index contributed by atoms with van der Waals surface area (Å²) in [5.41, 5.74) is 3.51. The van der Waals surface area contributed by atoms with E-state index in [1.807, 2.05) is 36.1 Å². The molecule has 5 rings (SSSR count). The van der Waals surface area contributed by atoms with Gasteiger partial charge in [-0.1, -0.05) is 56.2 Å². The third-order valence-electron chi connectivity index (χ3n) is 8.19. The average Bonchev–Trinajstić information content (AvgIpc) is 3.46. The van der Waals surface area contributed by atoms with Crippen LogP contribution in [-0.4, -0.2) is 72.4 Å². The highest BCUT2D eigenvalue weighted by Gasteiger charge is 2.36. The third kappa shape index (κ3) is 5.15. The summed E-state index contributed by atoms with van der Waals surface area (Å²) in [7, 11) is 2.09. The van der Waals surface area contributed by atoms with Crippen molar-refractivity contribution >= 4 is 11.8 Å². The minimum atomic E-state index is -0.499. The Kier molecular flexibility index (Phi) is 7.61. The second kappa shape index (κ2) is 11.0. The molecule has 1 aliphatic carbocycles. The predicted molar refractivity (Wildman–Crippen MR) is 141 cm³/mol. The summed E-state index contributed by atoms with van der Waals surface area (Å²) in [6.45, 7) is 6.02. The largest absolute Gasteiger partial charge is 0.481 e. The van der Waals surface area contributed by atoms with E-state index in [9.17, 15) is 9.59 Å². The Morgan fingerprint density at radius 2 is 1.69 bits per heavy atom. The summed E-state index contributed by atoms with van der Waals surface area (Å²) < 4.78 is 6.34. The molecule has 2 heterocycles. The van der Waals surface area contributed by atoms with Gasteiger partial charge in [0.2, 0.25) is 5.91 Å². The lowest BCUT2D eigenvalue weighted by Crippen LogP contribution is -2.51. The van der Waals surface area contributed by atoms with Gasteiger partial charge in [0.05, 0.1) is 6.04 Å². The van der Waals surface area contributed by atoms with Crippen molar-refractivity contribution < 1.29 is 14.3 Å². The number of carbonyl (C=O) groups is 2. The lowest BCUT2D eigenvalue weighted by molar-refractivity contribution is -0.140. The van der Waals surface area contributed by atoms with Crippen molar-refractivity contribution in [1.29, 1.82) is 0 Å². The molecule has 3 aliphatic rings. The number of benzene rings is 2. The van der Waals surface area contributed by atoms with Gasteiger partial charge < -0.3 is 19.4 Å². The first-order valence-electron chi connectivity index (χ1n) is 13.7. The Balaban J connectivity index is 1.42. The quantitative estimate of drug-likeness (QED) is 0.608. The number of rotatable bonds is 6. The van der Waals surface area contributed by atoms with Crippen LogP contribution in [0.3, 0.4) is 0 Å². The molecule has 192 valence electrons. The zero-order chi connectivity index (χ0) is 25.1. The number of likely N-dealkylation sites (N-methyl/N-ethyl adjacent to an activating group) is 1. The van der Waals surface area contributed by atoms with Crippen LogP contribution in [0.15, 0.2) is 48.5 Å². The Morgan fingerprint density at radius 1 is 0.972 bits per heavy atom. The summed E-state index contributed by atoms with van der Waals surface area (Å²) in [5.74, 6) is 1.21. The van der Waals surface area contributed by atoms with Gasteiger partial charge in [-0.05, 0) is 61.6 Å². The molecule has 2 aromatic rings. The van der Waals surface area contributed by atoms with Crippen LogP contribution < -0.4 is 4.74 Å². The fourth-order valence-electron chi connectivity index (χ4n) is 6.01. The monoisotopic (exact) mass is 489 g/mol. The summed E-state index contributed by atoms with van der Waals surface area (Å²) >= 11 is 0. The molecule has 0 N–H and O–H groups in total. The highest BCUT2D eigenvalue weighted by Crippen LogP contribution is 2.39. The summed E-state index contributed by atoms with van der Waals surface area (Å²) in [4.78, 5) is 33.1. The van der Waals surface area contributed by atoms with E-state index >= 15 is 0 Å². The van der Waals surface area contributed by atoms with Gasteiger partial charge in [0, 0.05) is 38.6 Å². The van der Waals surface area contributed by atoms with Gasteiger partial charge >= 0.3 is 0 Å². The first-order valence-corrected chi connectivity index (χ1v) is 13.7. The van der Waals surface area contributed by atoms with Gasteiger partial charge in [0.15, 0.2) is 6.10 Å². The molecule has 2 fully saturated rings. The van der Waals surface area contributed by atoms with E-state index in [1.165, 1.54) is 5.56 Å². The highest BCUT2D eigenvalue weighted by molar-refractivity contribution is 5.82. The van der Waals surface area contributed by atoms with Crippen LogP contribution in [0.5, 0.6) is 5.75 Å². The third-order valence-corrected chi connectivity index (χ3v) is 8.19. The van der Waals surface area contributed by atoms with Gasteiger partial charge in [0.25, 0.3) is 5.91 Å². The SMILES string of the molecule is CCC(Oc1ccc2c(c1)C(c1ccccc1)N(C(=O)C1CCCC1)CC2)C(=O)N1CCN(C)CC1. The van der Waals surface area contributed by atoms with E-state index in [1.54, 1.807) is 0 Å².